The minimum Gasteiger partial charge on any atom is -0.309 e. The Morgan fingerprint density at radius 1 is 1.16 bits per heavy atom. The van der Waals surface area contributed by atoms with Gasteiger partial charge in [0.25, 0.3) is 0 Å². The van der Waals surface area contributed by atoms with Crippen molar-refractivity contribution >= 4 is 0 Å². The molecule has 1 aliphatic carbocycles. The van der Waals surface area contributed by atoms with Gasteiger partial charge in [0.05, 0.1) is 0 Å². The van der Waals surface area contributed by atoms with Crippen molar-refractivity contribution in [2.45, 2.75) is 52.6 Å². The maximum Gasteiger partial charge on any atom is 0.0208 e. The normalized spacial score (nSPS) is 15.8. The summed E-state index contributed by atoms with van der Waals surface area (Å²) in [4.78, 5) is 2.47. The van der Waals surface area contributed by atoms with Crippen LogP contribution >= 0.6 is 0 Å². The van der Waals surface area contributed by atoms with Crippen LogP contribution in [0.1, 0.15) is 43.9 Å². The van der Waals surface area contributed by atoms with Crippen molar-refractivity contribution in [2.75, 3.05) is 19.6 Å². The molecule has 2 nitrogen and oxygen atoms in total. The maximum atomic E-state index is 3.65. The van der Waals surface area contributed by atoms with Crippen LogP contribution in [0.25, 0.3) is 0 Å². The van der Waals surface area contributed by atoms with Gasteiger partial charge >= 0.3 is 0 Å². The van der Waals surface area contributed by atoms with E-state index in [0.29, 0.717) is 6.04 Å². The van der Waals surface area contributed by atoms with Crippen LogP contribution in [0.15, 0.2) is 18.2 Å². The van der Waals surface area contributed by atoms with E-state index in [4.69, 9.17) is 0 Å². The van der Waals surface area contributed by atoms with E-state index in [1.807, 2.05) is 0 Å². The molecule has 0 saturated carbocycles. The zero-order valence-electron chi connectivity index (χ0n) is 12.7. The van der Waals surface area contributed by atoms with Gasteiger partial charge in [0.2, 0.25) is 0 Å². The molecule has 1 aromatic rings. The van der Waals surface area contributed by atoms with E-state index in [0.717, 1.165) is 26.2 Å². The molecule has 0 bridgehead atoms. The van der Waals surface area contributed by atoms with Gasteiger partial charge in [-0.1, -0.05) is 32.0 Å². The topological polar surface area (TPSA) is 15.3 Å². The molecule has 0 aromatic heterocycles. The fourth-order valence-electron chi connectivity index (χ4n) is 2.96. The number of nitrogens with zero attached hydrogens (tertiary/aromatic N) is 1. The van der Waals surface area contributed by atoms with Gasteiger partial charge in [-0.2, -0.15) is 0 Å². The van der Waals surface area contributed by atoms with Crippen molar-refractivity contribution in [3.8, 4) is 0 Å². The summed E-state index contributed by atoms with van der Waals surface area (Å²) < 4.78 is 0. The van der Waals surface area contributed by atoms with E-state index in [9.17, 15) is 0 Å². The summed E-state index contributed by atoms with van der Waals surface area (Å²) in [5, 5.41) is 3.65. The van der Waals surface area contributed by atoms with Crippen LogP contribution in [-0.2, 0) is 19.4 Å². The lowest BCUT2D eigenvalue weighted by molar-refractivity contribution is 0.270. The highest BCUT2D eigenvalue weighted by atomic mass is 15.1. The third kappa shape index (κ3) is 4.05. The minimum atomic E-state index is 0.549. The average molecular weight is 260 g/mol. The van der Waals surface area contributed by atoms with E-state index in [1.54, 1.807) is 11.1 Å². The molecule has 0 aliphatic heterocycles. The lowest BCUT2D eigenvalue weighted by Gasteiger charge is -2.23. The van der Waals surface area contributed by atoms with Crippen molar-refractivity contribution in [3.63, 3.8) is 0 Å². The molecule has 1 atom stereocenters. The Morgan fingerprint density at radius 3 is 2.63 bits per heavy atom. The predicted molar refractivity (Wildman–Crippen MR) is 82.6 cm³/mol. The first-order valence-corrected chi connectivity index (χ1v) is 7.79. The second-order valence-corrected chi connectivity index (χ2v) is 5.72. The van der Waals surface area contributed by atoms with Crippen LogP contribution < -0.4 is 5.32 Å². The standard InChI is InChI=1S/C17H28N2/c1-4-19(5-2)13-14(3)18-12-15-9-10-16-7-6-8-17(16)11-15/h9-11,14,18H,4-8,12-13H2,1-3H3. The summed E-state index contributed by atoms with van der Waals surface area (Å²) in [5.41, 5.74) is 4.59. The van der Waals surface area contributed by atoms with Crippen molar-refractivity contribution < 1.29 is 0 Å². The number of rotatable bonds is 7. The van der Waals surface area contributed by atoms with Gasteiger partial charge in [-0.15, -0.1) is 0 Å². The number of fused-ring (bicyclic) bond motifs is 1. The molecule has 0 fully saturated rings. The summed E-state index contributed by atoms with van der Waals surface area (Å²) >= 11 is 0. The SMILES string of the molecule is CCN(CC)CC(C)NCc1ccc2c(c1)CCC2. The molecule has 1 N–H and O–H groups in total. The number of nitrogens with one attached hydrogen (secondary N) is 1. The number of hydrogen-bond acceptors (Lipinski definition) is 2. The Hall–Kier alpha value is -0.860. The molecule has 0 spiro atoms. The molecule has 0 saturated heterocycles. The number of hydrogen-bond donors (Lipinski definition) is 1. The monoisotopic (exact) mass is 260 g/mol. The van der Waals surface area contributed by atoms with Gasteiger partial charge in [0, 0.05) is 19.1 Å². The molecular formula is C17H28N2. The summed E-state index contributed by atoms with van der Waals surface area (Å²) in [7, 11) is 0. The van der Waals surface area contributed by atoms with E-state index in [-0.39, 0.29) is 0 Å². The molecular weight excluding hydrogens is 232 g/mol. The highest BCUT2D eigenvalue weighted by molar-refractivity contribution is 5.35. The van der Waals surface area contributed by atoms with Gasteiger partial charge in [0.15, 0.2) is 0 Å². The van der Waals surface area contributed by atoms with Crippen LogP contribution in [-0.4, -0.2) is 30.6 Å². The van der Waals surface area contributed by atoms with Crippen LogP contribution in [0.4, 0.5) is 0 Å². The largest absolute Gasteiger partial charge is 0.309 e. The van der Waals surface area contributed by atoms with Crippen LogP contribution in [0.5, 0.6) is 0 Å². The predicted octanol–water partition coefficient (Wildman–Crippen LogP) is 3.00. The van der Waals surface area contributed by atoms with E-state index >= 15 is 0 Å². The molecule has 2 rings (SSSR count). The number of aryl methyl sites for hydroxylation is 2. The van der Waals surface area contributed by atoms with Gasteiger partial charge < -0.3 is 10.2 Å². The van der Waals surface area contributed by atoms with Crippen LogP contribution in [0.2, 0.25) is 0 Å². The fourth-order valence-corrected chi connectivity index (χ4v) is 2.96. The second-order valence-electron chi connectivity index (χ2n) is 5.72. The molecule has 0 radical (unpaired) electrons. The van der Waals surface area contributed by atoms with Crippen LogP contribution in [0.3, 0.4) is 0 Å². The lowest BCUT2D eigenvalue weighted by atomic mass is 10.1. The Balaban J connectivity index is 1.81. The van der Waals surface area contributed by atoms with Gasteiger partial charge in [-0.25, -0.2) is 0 Å². The van der Waals surface area contributed by atoms with Crippen LogP contribution in [0, 0.1) is 0 Å². The quantitative estimate of drug-likeness (QED) is 0.811. The second kappa shape index (κ2) is 7.06. The molecule has 1 unspecified atom stereocenters. The smallest absolute Gasteiger partial charge is 0.0208 e. The van der Waals surface area contributed by atoms with Crippen molar-refractivity contribution in [1.29, 1.82) is 0 Å². The van der Waals surface area contributed by atoms with Crippen molar-refractivity contribution in [1.82, 2.24) is 10.2 Å². The molecule has 106 valence electrons. The van der Waals surface area contributed by atoms with E-state index in [1.165, 1.54) is 24.8 Å². The third-order valence-corrected chi connectivity index (χ3v) is 4.24. The zero-order valence-corrected chi connectivity index (χ0v) is 12.7. The van der Waals surface area contributed by atoms with Crippen molar-refractivity contribution in [2.24, 2.45) is 0 Å². The fraction of sp³-hybridized carbons (Fsp3) is 0.647. The lowest BCUT2D eigenvalue weighted by Crippen LogP contribution is -2.38. The average Bonchev–Trinajstić information content (AvgIpc) is 2.89. The molecule has 1 aromatic carbocycles. The number of benzene rings is 1. The van der Waals surface area contributed by atoms with Gasteiger partial charge in [-0.3, -0.25) is 0 Å². The summed E-state index contributed by atoms with van der Waals surface area (Å²) in [6.45, 7) is 11.2. The Morgan fingerprint density at radius 2 is 1.89 bits per heavy atom. The molecule has 19 heavy (non-hydrogen) atoms. The molecule has 2 heteroatoms. The highest BCUT2D eigenvalue weighted by Crippen LogP contribution is 2.22. The van der Waals surface area contributed by atoms with Gasteiger partial charge in [-0.05, 0) is 56.0 Å². The summed E-state index contributed by atoms with van der Waals surface area (Å²) in [5.74, 6) is 0. The Bertz CT molecular complexity index is 396. The van der Waals surface area contributed by atoms with E-state index < -0.39 is 0 Å². The molecule has 0 amide bonds. The first kappa shape index (κ1) is 14.5. The highest BCUT2D eigenvalue weighted by Gasteiger charge is 2.11. The molecule has 0 heterocycles. The van der Waals surface area contributed by atoms with E-state index in [2.05, 4.69) is 49.2 Å². The van der Waals surface area contributed by atoms with Crippen molar-refractivity contribution in [3.05, 3.63) is 34.9 Å². The first-order chi connectivity index (χ1) is 9.22. The Labute approximate surface area is 118 Å². The maximum absolute atomic E-state index is 3.65. The summed E-state index contributed by atoms with van der Waals surface area (Å²) in [6.07, 6.45) is 3.89. The van der Waals surface area contributed by atoms with Gasteiger partial charge in [0.1, 0.15) is 0 Å². The Kier molecular flexibility index (Phi) is 5.41. The zero-order chi connectivity index (χ0) is 13.7. The minimum absolute atomic E-state index is 0.549. The third-order valence-electron chi connectivity index (χ3n) is 4.24. The first-order valence-electron chi connectivity index (χ1n) is 7.79. The number of likely N-dealkylation sites (N-methyl/N-ethyl adjacent to an activating group) is 1. The summed E-state index contributed by atoms with van der Waals surface area (Å²) in [6, 6.07) is 7.57. The molecule has 1 aliphatic rings.